The molecule has 3 rings (SSSR count). The minimum atomic E-state index is -5.86. The van der Waals surface area contributed by atoms with Gasteiger partial charge in [-0.2, -0.15) is 0 Å². The van der Waals surface area contributed by atoms with Crippen LogP contribution in [0, 0.1) is 0 Å². The van der Waals surface area contributed by atoms with Gasteiger partial charge in [0.15, 0.2) is 0 Å². The number of halogens is 8. The van der Waals surface area contributed by atoms with Crippen LogP contribution in [0.4, 0.5) is 26.3 Å². The Morgan fingerprint density at radius 3 is 1.73 bits per heavy atom. The van der Waals surface area contributed by atoms with E-state index in [1.807, 2.05) is 0 Å². The molecule has 11 heteroatoms. The molecule has 124 valence electrons. The molecule has 0 aromatic heterocycles. The molecule has 2 saturated heterocycles. The first-order valence-electron chi connectivity index (χ1n) is 5.79. The Morgan fingerprint density at radius 2 is 1.41 bits per heavy atom. The van der Waals surface area contributed by atoms with Crippen molar-refractivity contribution >= 4 is 43.0 Å². The molecule has 3 N–H and O–H groups in total. The van der Waals surface area contributed by atoms with Crippen LogP contribution in [0.1, 0.15) is 15.1 Å². The molecule has 22 heavy (non-hydrogen) atoms. The molecular weight excluding hydrogens is 544 g/mol. The molecule has 2 heterocycles. The van der Waals surface area contributed by atoms with Gasteiger partial charge in [-0.1, -0.05) is 0 Å². The summed E-state index contributed by atoms with van der Waals surface area (Å²) in [4.78, 5) is 0. The number of benzene rings is 1. The third-order valence-corrected chi connectivity index (χ3v) is 10.9. The quantitative estimate of drug-likeness (QED) is 0.134. The Kier molecular flexibility index (Phi) is 3.73. The molecule has 0 amide bonds. The van der Waals surface area contributed by atoms with Gasteiger partial charge in [0, 0.05) is 0 Å². The second-order valence-corrected chi connectivity index (χ2v) is 10.5. The first kappa shape index (κ1) is 17.0. The summed E-state index contributed by atoms with van der Waals surface area (Å²) >= 11 is 0.827. The van der Waals surface area contributed by atoms with Gasteiger partial charge >= 0.3 is 142 Å². The van der Waals surface area contributed by atoms with E-state index in [-0.39, 0.29) is 7.59 Å². The topological polar surface area (TPSA) is 64.1 Å². The number of fused-ring (bicyclic) bond motifs is 1. The van der Waals surface area contributed by atoms with Crippen LogP contribution < -0.4 is 7.06 Å². The molecule has 0 bridgehead atoms. The van der Waals surface area contributed by atoms with Crippen molar-refractivity contribution in [1.29, 1.82) is 0 Å². The Labute approximate surface area is 142 Å². The number of rotatable bonds is 3. The predicted octanol–water partition coefficient (Wildman–Crippen LogP) is 3.67. The first-order valence-corrected chi connectivity index (χ1v) is 10.3. The molecular formula is C11H8F6I2N2O. The van der Waals surface area contributed by atoms with Crippen molar-refractivity contribution in [3.05, 3.63) is 35.4 Å². The zero-order valence-corrected chi connectivity index (χ0v) is 14.7. The van der Waals surface area contributed by atoms with Crippen LogP contribution in [0.25, 0.3) is 0 Å². The van der Waals surface area contributed by atoms with Gasteiger partial charge in [-0.05, 0) is 0 Å². The molecule has 0 radical (unpaired) electrons. The van der Waals surface area contributed by atoms with Gasteiger partial charge in [-0.3, -0.25) is 0 Å². The van der Waals surface area contributed by atoms with Crippen molar-refractivity contribution in [3.63, 3.8) is 0 Å². The fourth-order valence-corrected chi connectivity index (χ4v) is 9.80. The third-order valence-electron chi connectivity index (χ3n) is 3.48. The monoisotopic (exact) mass is 552 g/mol. The van der Waals surface area contributed by atoms with Crippen LogP contribution in [-0.2, 0) is 5.60 Å². The number of nitrogens with one attached hydrogen (secondary N) is 2. The molecule has 2 aliphatic rings. The van der Waals surface area contributed by atoms with Crippen LogP contribution >= 0.6 is 43.0 Å². The van der Waals surface area contributed by atoms with Gasteiger partial charge in [0.2, 0.25) is 0 Å². The second-order valence-electron chi connectivity index (χ2n) is 4.87. The molecule has 1 unspecified atom stereocenters. The summed E-state index contributed by atoms with van der Waals surface area (Å²) in [7, 11) is 0. The van der Waals surface area contributed by atoms with Crippen LogP contribution in [0.15, 0.2) is 24.3 Å². The SMILES string of the molecule is OC(c1ccc(C(I)C23NI2N3)cc1)(C(F)(F)F)C(F)(F)F. The van der Waals surface area contributed by atoms with Crippen LogP contribution in [-0.4, -0.2) is 21.1 Å². The van der Waals surface area contributed by atoms with Crippen molar-refractivity contribution in [3.8, 4) is 0 Å². The zero-order chi connectivity index (χ0) is 16.6. The maximum absolute atomic E-state index is 12.8. The summed E-state index contributed by atoms with van der Waals surface area (Å²) in [6.07, 6.45) is -11.7. The van der Waals surface area contributed by atoms with E-state index < -0.39 is 43.9 Å². The van der Waals surface area contributed by atoms with Crippen molar-refractivity contribution in [1.82, 2.24) is 7.06 Å². The van der Waals surface area contributed by atoms with Gasteiger partial charge in [0.1, 0.15) is 0 Å². The van der Waals surface area contributed by atoms with Crippen LogP contribution in [0.5, 0.6) is 0 Å². The summed E-state index contributed by atoms with van der Waals surface area (Å²) in [5.74, 6) is 0. The van der Waals surface area contributed by atoms with Gasteiger partial charge in [-0.25, -0.2) is 0 Å². The minimum absolute atomic E-state index is 0.0748. The predicted molar refractivity (Wildman–Crippen MR) is 82.2 cm³/mol. The van der Waals surface area contributed by atoms with Crippen molar-refractivity contribution in [2.75, 3.05) is 0 Å². The molecule has 0 spiro atoms. The second kappa shape index (κ2) is 4.83. The van der Waals surface area contributed by atoms with Crippen molar-refractivity contribution < 1.29 is 31.4 Å². The van der Waals surface area contributed by atoms with Gasteiger partial charge < -0.3 is 0 Å². The zero-order valence-electron chi connectivity index (χ0n) is 10.4. The van der Waals surface area contributed by atoms with E-state index in [4.69, 9.17) is 0 Å². The van der Waals surface area contributed by atoms with E-state index in [2.05, 4.69) is 29.7 Å². The normalized spacial score (nSPS) is 23.0. The van der Waals surface area contributed by atoms with Gasteiger partial charge in [-0.15, -0.1) is 0 Å². The number of hydrogen-bond acceptors (Lipinski definition) is 3. The molecule has 0 aliphatic carbocycles. The molecule has 3 nitrogen and oxygen atoms in total. The Hall–Kier alpha value is 0.140. The fourth-order valence-electron chi connectivity index (χ4n) is 2.04. The molecule has 0 saturated carbocycles. The van der Waals surface area contributed by atoms with E-state index in [9.17, 15) is 31.4 Å². The summed E-state index contributed by atoms with van der Waals surface area (Å²) in [6.45, 7) is 0. The van der Waals surface area contributed by atoms with Crippen LogP contribution in [0.2, 0.25) is 0 Å². The van der Waals surface area contributed by atoms with Crippen molar-refractivity contribution in [2.24, 2.45) is 0 Å². The van der Waals surface area contributed by atoms with Crippen LogP contribution in [0.3, 0.4) is 0 Å². The standard InChI is InChI=1S/C11H8F6I2N2O/c12-10(13,14)8(22,11(15,16)17)6-3-1-5(2-4-6)7(18)9-19(20-9)21-9/h1-4,7,20-22H. The molecule has 1 atom stereocenters. The fraction of sp³-hybridized carbons (Fsp3) is 0.455. The van der Waals surface area contributed by atoms with E-state index in [0.29, 0.717) is 17.7 Å². The maximum atomic E-state index is 12.8. The van der Waals surface area contributed by atoms with E-state index in [1.165, 1.54) is 12.1 Å². The summed E-state index contributed by atoms with van der Waals surface area (Å²) in [5.41, 5.74) is -5.50. The number of hydrogen-bond donors (Lipinski definition) is 3. The van der Waals surface area contributed by atoms with Gasteiger partial charge in [0.25, 0.3) is 0 Å². The van der Waals surface area contributed by atoms with Crippen molar-refractivity contribution in [2.45, 2.75) is 25.5 Å². The number of aliphatic hydroxyl groups is 1. The summed E-state index contributed by atoms with van der Waals surface area (Å²) < 4.78 is 82.8. The molecule has 2 aliphatic heterocycles. The van der Waals surface area contributed by atoms with E-state index in [1.54, 1.807) is 0 Å². The summed E-state index contributed by atoms with van der Waals surface area (Å²) in [5, 5.41) is 9.30. The average Bonchev–Trinajstić information content (AvgIpc) is 3.23. The van der Waals surface area contributed by atoms with E-state index >= 15 is 0 Å². The molecule has 1 aromatic rings. The summed E-state index contributed by atoms with van der Waals surface area (Å²) in [6, 6.07) is 3.75. The Balaban J connectivity index is 1.93. The average molecular weight is 552 g/mol. The first-order chi connectivity index (χ1) is 9.93. The third kappa shape index (κ3) is 2.34. The molecule has 2 fully saturated rings. The Morgan fingerprint density at radius 1 is 1.00 bits per heavy atom. The Bertz CT molecular complexity index is 582. The van der Waals surface area contributed by atoms with E-state index in [0.717, 1.165) is 0 Å². The number of alkyl halides is 8. The van der Waals surface area contributed by atoms with Gasteiger partial charge in [0.05, 0.1) is 0 Å². The molecule has 1 aromatic carbocycles.